The first-order valence-electron chi connectivity index (χ1n) is 11.4. The monoisotopic (exact) mass is 461 g/mol. The number of hydrogen-bond acceptors (Lipinski definition) is 5. The highest BCUT2D eigenvalue weighted by atomic mass is 16.4. The van der Waals surface area contributed by atoms with Gasteiger partial charge >= 0.3 is 5.97 Å². The number of Topliss-reactive ketones (excluding diaryl/α,β-unsaturated/α-hetero) is 2. The number of carbonyl (C=O) groups is 3. The summed E-state index contributed by atoms with van der Waals surface area (Å²) >= 11 is 0. The molecule has 2 aromatic carbocycles. The van der Waals surface area contributed by atoms with Gasteiger partial charge in [-0.1, -0.05) is 6.07 Å². The minimum absolute atomic E-state index is 0.0604. The van der Waals surface area contributed by atoms with E-state index in [1.807, 2.05) is 45.4 Å². The van der Waals surface area contributed by atoms with E-state index in [0.717, 1.165) is 35.7 Å². The van der Waals surface area contributed by atoms with Crippen molar-refractivity contribution in [2.75, 3.05) is 25.0 Å². The Morgan fingerprint density at radius 2 is 1.74 bits per heavy atom. The molecular weight excluding hydrogens is 432 g/mol. The maximum absolute atomic E-state index is 13.1. The van der Waals surface area contributed by atoms with Crippen molar-refractivity contribution < 1.29 is 29.2 Å². The molecule has 1 aliphatic carbocycles. The summed E-state index contributed by atoms with van der Waals surface area (Å²) in [6.45, 7) is 9.48. The van der Waals surface area contributed by atoms with E-state index in [9.17, 15) is 24.6 Å². The van der Waals surface area contributed by atoms with Gasteiger partial charge in [0.2, 0.25) is 5.69 Å². The summed E-state index contributed by atoms with van der Waals surface area (Å²) < 4.78 is 1.89. The van der Waals surface area contributed by atoms with Gasteiger partial charge in [0.15, 0.2) is 17.3 Å². The number of hydrogen-bond donors (Lipinski definition) is 2. The molecule has 7 heteroatoms. The van der Waals surface area contributed by atoms with Crippen molar-refractivity contribution in [3.8, 4) is 5.75 Å². The van der Waals surface area contributed by atoms with E-state index in [1.165, 1.54) is 0 Å². The van der Waals surface area contributed by atoms with Gasteiger partial charge in [-0.3, -0.25) is 9.59 Å². The van der Waals surface area contributed by atoms with Gasteiger partial charge in [0.25, 0.3) is 0 Å². The standard InChI is InChI=1S/C27H28N2O5/c1-6-29(7-2)16-9-10-17(21(30)13-16)23-24(31)18(25(23)32)14-22-27(3,4)19-12-15(26(33)34)8-11-20(19)28(22)5/h8-14,23H,6-7H2,1-5H3,(H-,30,33,34)/p+1. The number of rotatable bonds is 6. The van der Waals surface area contributed by atoms with Crippen molar-refractivity contribution in [3.63, 3.8) is 0 Å². The number of phenolic OH excluding ortho intramolecular Hbond substituents is 1. The number of ketones is 2. The topological polar surface area (TPSA) is 97.9 Å². The Kier molecular flexibility index (Phi) is 5.67. The van der Waals surface area contributed by atoms with Crippen LogP contribution in [0.5, 0.6) is 5.75 Å². The van der Waals surface area contributed by atoms with Crippen LogP contribution in [-0.2, 0) is 15.0 Å². The third kappa shape index (κ3) is 3.43. The Morgan fingerprint density at radius 3 is 2.29 bits per heavy atom. The van der Waals surface area contributed by atoms with Crippen LogP contribution in [0.15, 0.2) is 48.0 Å². The Morgan fingerprint density at radius 1 is 1.09 bits per heavy atom. The largest absolute Gasteiger partial charge is 0.508 e. The molecule has 7 nitrogen and oxygen atoms in total. The molecule has 4 rings (SSSR count). The van der Waals surface area contributed by atoms with Crippen LogP contribution in [0.3, 0.4) is 0 Å². The number of fused-ring (bicyclic) bond motifs is 1. The van der Waals surface area contributed by atoms with E-state index >= 15 is 0 Å². The number of anilines is 1. The molecule has 0 atom stereocenters. The Balaban J connectivity index is 1.66. The molecular formula is C27H29N2O5+. The van der Waals surface area contributed by atoms with Gasteiger partial charge in [-0.05, 0) is 45.9 Å². The molecule has 1 aliphatic heterocycles. The zero-order valence-corrected chi connectivity index (χ0v) is 20.0. The molecule has 0 saturated heterocycles. The van der Waals surface area contributed by atoms with Gasteiger partial charge in [0.1, 0.15) is 18.7 Å². The maximum atomic E-state index is 13.1. The number of aromatic hydroxyl groups is 1. The second kappa shape index (κ2) is 8.24. The molecule has 0 bridgehead atoms. The highest BCUT2D eigenvalue weighted by Crippen LogP contribution is 2.43. The molecule has 2 aliphatic rings. The quantitative estimate of drug-likeness (QED) is 0.294. The highest BCUT2D eigenvalue weighted by Gasteiger charge is 2.50. The van der Waals surface area contributed by atoms with Crippen LogP contribution in [0.1, 0.15) is 55.1 Å². The number of carboxylic acid groups (broad SMARTS) is 1. The van der Waals surface area contributed by atoms with Crippen LogP contribution in [0.25, 0.3) is 0 Å². The molecule has 0 spiro atoms. The zero-order chi connectivity index (χ0) is 24.9. The number of aromatic carboxylic acids is 1. The van der Waals surface area contributed by atoms with Crippen LogP contribution < -0.4 is 4.90 Å². The first kappa shape index (κ1) is 23.4. The summed E-state index contributed by atoms with van der Waals surface area (Å²) in [5.74, 6) is -2.72. The van der Waals surface area contributed by atoms with Crippen molar-refractivity contribution in [2.24, 2.45) is 0 Å². The molecule has 1 saturated carbocycles. The number of allylic oxidation sites excluding steroid dienone is 2. The summed E-state index contributed by atoms with van der Waals surface area (Å²) in [5, 5.41) is 19.9. The first-order valence-corrected chi connectivity index (χ1v) is 11.4. The molecule has 0 radical (unpaired) electrons. The summed E-state index contributed by atoms with van der Waals surface area (Å²) in [7, 11) is 1.84. The minimum atomic E-state index is -1.01. The third-order valence-electron chi connectivity index (χ3n) is 7.07. The van der Waals surface area contributed by atoms with Crippen LogP contribution >= 0.6 is 0 Å². The van der Waals surface area contributed by atoms with E-state index in [1.54, 1.807) is 36.4 Å². The van der Waals surface area contributed by atoms with Crippen molar-refractivity contribution in [2.45, 2.75) is 39.0 Å². The fourth-order valence-corrected chi connectivity index (χ4v) is 5.02. The van der Waals surface area contributed by atoms with Gasteiger partial charge in [-0.15, -0.1) is 0 Å². The third-order valence-corrected chi connectivity index (χ3v) is 7.07. The Labute approximate surface area is 198 Å². The molecule has 0 unspecified atom stereocenters. The molecule has 0 amide bonds. The zero-order valence-electron chi connectivity index (χ0n) is 20.0. The lowest BCUT2D eigenvalue weighted by Crippen LogP contribution is -2.40. The lowest BCUT2D eigenvalue weighted by molar-refractivity contribution is -0.401. The second-order valence-electron chi connectivity index (χ2n) is 9.24. The smallest absolute Gasteiger partial charge is 0.335 e. The van der Waals surface area contributed by atoms with Crippen molar-refractivity contribution in [3.05, 3.63) is 64.7 Å². The fraction of sp³-hybridized carbons (Fsp3) is 0.333. The molecule has 176 valence electrons. The van der Waals surface area contributed by atoms with E-state index in [4.69, 9.17) is 0 Å². The van der Waals surface area contributed by atoms with Crippen LogP contribution in [0.4, 0.5) is 11.4 Å². The van der Waals surface area contributed by atoms with Gasteiger partial charge in [0.05, 0.1) is 16.6 Å². The Bertz CT molecular complexity index is 1280. The van der Waals surface area contributed by atoms with Crippen LogP contribution in [0.2, 0.25) is 0 Å². The number of carboxylic acids is 1. The molecule has 1 fully saturated rings. The normalized spacial score (nSPS) is 18.6. The number of carbonyl (C=O) groups excluding carboxylic acids is 2. The second-order valence-corrected chi connectivity index (χ2v) is 9.24. The number of phenols is 1. The number of nitrogens with zero attached hydrogens (tertiary/aromatic N) is 2. The van der Waals surface area contributed by atoms with Crippen molar-refractivity contribution >= 4 is 34.6 Å². The molecule has 2 N–H and O–H groups in total. The van der Waals surface area contributed by atoms with E-state index in [-0.39, 0.29) is 28.5 Å². The van der Waals surface area contributed by atoms with Gasteiger partial charge in [0, 0.05) is 48.1 Å². The predicted molar refractivity (Wildman–Crippen MR) is 130 cm³/mol. The fourth-order valence-electron chi connectivity index (χ4n) is 5.02. The maximum Gasteiger partial charge on any atom is 0.335 e. The predicted octanol–water partition coefficient (Wildman–Crippen LogP) is 3.80. The highest BCUT2D eigenvalue weighted by molar-refractivity contribution is 6.43. The SMILES string of the molecule is CCN(CC)c1ccc(C2C(=O)C(=CC3=[N+](C)c4ccc(C(=O)O)cc4C3(C)C)C2=O)c(O)c1. The lowest BCUT2D eigenvalue weighted by atomic mass is 9.70. The van der Waals surface area contributed by atoms with Crippen LogP contribution in [-0.4, -0.2) is 58.2 Å². The van der Waals surface area contributed by atoms with Gasteiger partial charge in [-0.25, -0.2) is 4.79 Å². The van der Waals surface area contributed by atoms with Crippen molar-refractivity contribution in [1.82, 2.24) is 0 Å². The van der Waals surface area contributed by atoms with E-state index in [2.05, 4.69) is 4.90 Å². The Hall–Kier alpha value is -3.74. The average Bonchev–Trinajstić information content (AvgIpc) is 2.99. The molecule has 2 aromatic rings. The molecule has 34 heavy (non-hydrogen) atoms. The number of benzene rings is 2. The van der Waals surface area contributed by atoms with Gasteiger partial charge in [-0.2, -0.15) is 4.58 Å². The average molecular weight is 462 g/mol. The minimum Gasteiger partial charge on any atom is -0.508 e. The summed E-state index contributed by atoms with van der Waals surface area (Å²) in [6, 6.07) is 10.0. The van der Waals surface area contributed by atoms with Gasteiger partial charge < -0.3 is 15.1 Å². The lowest BCUT2D eigenvalue weighted by Gasteiger charge is -2.28. The summed E-state index contributed by atoms with van der Waals surface area (Å²) in [6.07, 6.45) is 1.61. The van der Waals surface area contributed by atoms with Crippen LogP contribution in [0, 0.1) is 0 Å². The summed E-state index contributed by atoms with van der Waals surface area (Å²) in [5.41, 5.74) is 3.24. The van der Waals surface area contributed by atoms with E-state index in [0.29, 0.717) is 5.56 Å². The molecule has 1 heterocycles. The van der Waals surface area contributed by atoms with Crippen molar-refractivity contribution in [1.29, 1.82) is 0 Å². The molecule has 0 aromatic heterocycles. The first-order chi connectivity index (χ1) is 16.0. The summed E-state index contributed by atoms with van der Waals surface area (Å²) in [4.78, 5) is 39.6. The van der Waals surface area contributed by atoms with E-state index < -0.39 is 17.3 Å².